The lowest BCUT2D eigenvalue weighted by atomic mass is 9.69. The molecule has 0 saturated carbocycles. The van der Waals surface area contributed by atoms with Crippen LogP contribution in [0, 0.1) is 0 Å². The Balaban J connectivity index is 1.03. The third-order valence-electron chi connectivity index (χ3n) is 21.9. The van der Waals surface area contributed by atoms with Gasteiger partial charge in [0.15, 0.2) is 0 Å². The molecule has 0 saturated heterocycles. The summed E-state index contributed by atoms with van der Waals surface area (Å²) in [5, 5.41) is 20.6. The number of phenolic OH excluding ortho intramolecular Hbond substituents is 2. The van der Waals surface area contributed by atoms with Crippen LogP contribution in [0.3, 0.4) is 0 Å². The number of unbranched alkanes of at least 4 members (excludes halogenated alkanes) is 18. The van der Waals surface area contributed by atoms with Crippen molar-refractivity contribution < 1.29 is 10.2 Å². The summed E-state index contributed by atoms with van der Waals surface area (Å²) in [4.78, 5) is 0. The van der Waals surface area contributed by atoms with E-state index in [1.54, 1.807) is 22.3 Å². The molecule has 0 amide bonds. The predicted octanol–water partition coefficient (Wildman–Crippen LogP) is 26.4. The third-order valence-corrected chi connectivity index (χ3v) is 21.9. The quantitative estimate of drug-likeness (QED) is 0.0395. The van der Waals surface area contributed by atoms with Crippen molar-refractivity contribution in [3.05, 3.63) is 191 Å². The fraction of sp³-hybridized carbons (Fsp3) is 0.448. The first-order chi connectivity index (χ1) is 43.6. The van der Waals surface area contributed by atoms with E-state index in [0.29, 0.717) is 11.5 Å². The topological polar surface area (TPSA) is 40.5 Å². The van der Waals surface area contributed by atoms with E-state index in [4.69, 9.17) is 0 Å². The van der Waals surface area contributed by atoms with E-state index in [0.717, 1.165) is 11.1 Å². The van der Waals surface area contributed by atoms with Crippen molar-refractivity contribution in [2.45, 2.75) is 250 Å². The number of benzene rings is 8. The van der Waals surface area contributed by atoms with Gasteiger partial charge in [0.1, 0.15) is 11.5 Å². The molecule has 8 aromatic rings. The average molecular weight is 1180 g/mol. The minimum atomic E-state index is -0.0853. The summed E-state index contributed by atoms with van der Waals surface area (Å²) in [6.45, 7) is 14.1. The lowest BCUT2D eigenvalue weighted by molar-refractivity contribution is 0.400. The summed E-state index contributed by atoms with van der Waals surface area (Å²) in [7, 11) is 0. The van der Waals surface area contributed by atoms with Crippen molar-refractivity contribution in [1.29, 1.82) is 0 Å². The molecule has 0 atom stereocenters. The fourth-order valence-electron chi connectivity index (χ4n) is 17.0. The average Bonchev–Trinajstić information content (AvgIpc) is 1.66. The molecule has 11 rings (SSSR count). The van der Waals surface area contributed by atoms with Crippen molar-refractivity contribution in [3.8, 4) is 89.4 Å². The maximum absolute atomic E-state index is 10.3. The van der Waals surface area contributed by atoms with Crippen molar-refractivity contribution in [1.82, 2.24) is 0 Å². The molecule has 2 heteroatoms. The second kappa shape index (κ2) is 29.5. The molecule has 466 valence electrons. The lowest BCUT2D eigenvalue weighted by Gasteiger charge is -2.34. The van der Waals surface area contributed by atoms with Gasteiger partial charge in [0, 0.05) is 16.2 Å². The molecule has 0 unspecified atom stereocenters. The summed E-state index contributed by atoms with van der Waals surface area (Å²) in [6.07, 6.45) is 37.1. The first-order valence-corrected chi connectivity index (χ1v) is 36.1. The van der Waals surface area contributed by atoms with Gasteiger partial charge in [-0.25, -0.2) is 0 Å². The number of fused-ring (bicyclic) bond motifs is 9. The lowest BCUT2D eigenvalue weighted by Crippen LogP contribution is -2.26. The van der Waals surface area contributed by atoms with Gasteiger partial charge in [-0.1, -0.05) is 293 Å². The molecule has 0 heterocycles. The van der Waals surface area contributed by atoms with Crippen molar-refractivity contribution in [3.63, 3.8) is 0 Å². The molecule has 2 N–H and O–H groups in total. The normalized spacial score (nSPS) is 14.3. The van der Waals surface area contributed by atoms with Crippen LogP contribution in [-0.4, -0.2) is 10.2 Å². The Hall–Kier alpha value is -6.64. The molecule has 89 heavy (non-hydrogen) atoms. The van der Waals surface area contributed by atoms with Gasteiger partial charge >= 0.3 is 0 Å². The summed E-state index contributed by atoms with van der Waals surface area (Å²) in [5.41, 5.74) is 27.8. The van der Waals surface area contributed by atoms with E-state index in [-0.39, 0.29) is 16.2 Å². The highest BCUT2D eigenvalue weighted by Gasteiger charge is 2.46. The fourth-order valence-corrected chi connectivity index (χ4v) is 17.0. The predicted molar refractivity (Wildman–Crippen MR) is 383 cm³/mol. The van der Waals surface area contributed by atoms with Crippen LogP contribution < -0.4 is 0 Å². The Kier molecular flexibility index (Phi) is 21.2. The maximum Gasteiger partial charge on any atom is 0.115 e. The number of hydrogen-bond donors (Lipinski definition) is 2. The number of phenols is 2. The standard InChI is InChI=1S/C87H106O2/c1-7-13-19-25-51-85(52-26-20-14-8-2)79-57-65(63-31-41-71(88)42-32-63)35-45-73(79)75-47-37-67(59-81(75)85)69-39-49-77-78-50-40-70(62-84(78)87(83(77)61-69,55-29-23-17-11-5)56-30-24-18-12-6)68-38-48-76-74-46-36-66(64-33-43-72(89)44-34-64)58-80(74)86(82(76)60-68,53-27-21-15-9-3)54-28-22-16-10-4/h31-50,57-62,88-89H,7-30,51-56H2,1-6H3. The Labute approximate surface area is 538 Å². The van der Waals surface area contributed by atoms with Crippen molar-refractivity contribution in [2.75, 3.05) is 0 Å². The van der Waals surface area contributed by atoms with E-state index in [1.807, 2.05) is 24.3 Å². The van der Waals surface area contributed by atoms with Gasteiger partial charge in [0.05, 0.1) is 0 Å². The molecule has 2 nitrogen and oxygen atoms in total. The molecule has 0 aliphatic heterocycles. The molecular weight excluding hydrogens is 1080 g/mol. The zero-order valence-corrected chi connectivity index (χ0v) is 55.6. The smallest absolute Gasteiger partial charge is 0.115 e. The molecule has 0 bridgehead atoms. The van der Waals surface area contributed by atoms with Crippen LogP contribution in [0.15, 0.2) is 158 Å². The van der Waals surface area contributed by atoms with Crippen molar-refractivity contribution >= 4 is 0 Å². The monoisotopic (exact) mass is 1180 g/mol. The van der Waals surface area contributed by atoms with Gasteiger partial charge in [-0.05, 0) is 210 Å². The van der Waals surface area contributed by atoms with Crippen LogP contribution in [0.2, 0.25) is 0 Å². The highest BCUT2D eigenvalue weighted by molar-refractivity contribution is 5.91. The zero-order valence-electron chi connectivity index (χ0n) is 55.6. The van der Waals surface area contributed by atoms with Crippen LogP contribution in [0.5, 0.6) is 11.5 Å². The van der Waals surface area contributed by atoms with E-state index >= 15 is 0 Å². The van der Waals surface area contributed by atoms with Crippen LogP contribution >= 0.6 is 0 Å². The highest BCUT2D eigenvalue weighted by atomic mass is 16.3. The molecule has 3 aliphatic rings. The molecule has 0 aromatic heterocycles. The zero-order chi connectivity index (χ0) is 61.8. The highest BCUT2D eigenvalue weighted by Crippen LogP contribution is 2.60. The van der Waals surface area contributed by atoms with Gasteiger partial charge in [-0.2, -0.15) is 0 Å². The number of rotatable bonds is 34. The maximum atomic E-state index is 10.3. The first kappa shape index (κ1) is 63.9. The minimum absolute atomic E-state index is 0.0678. The molecule has 0 spiro atoms. The number of hydrogen-bond acceptors (Lipinski definition) is 2. The second-order valence-electron chi connectivity index (χ2n) is 27.8. The van der Waals surface area contributed by atoms with Gasteiger partial charge in [-0.15, -0.1) is 0 Å². The number of aromatic hydroxyl groups is 2. The van der Waals surface area contributed by atoms with Crippen LogP contribution in [0.1, 0.15) is 268 Å². The van der Waals surface area contributed by atoms with Gasteiger partial charge in [-0.3, -0.25) is 0 Å². The van der Waals surface area contributed by atoms with Crippen LogP contribution in [0.25, 0.3) is 77.9 Å². The van der Waals surface area contributed by atoms with E-state index in [2.05, 4.69) is 175 Å². The Morgan fingerprint density at radius 1 is 0.202 bits per heavy atom. The molecule has 0 fully saturated rings. The van der Waals surface area contributed by atoms with Crippen LogP contribution in [0.4, 0.5) is 0 Å². The summed E-state index contributed by atoms with van der Waals surface area (Å²) in [6, 6.07) is 61.1. The summed E-state index contributed by atoms with van der Waals surface area (Å²) >= 11 is 0. The Bertz CT molecular complexity index is 3370. The Morgan fingerprint density at radius 2 is 0.371 bits per heavy atom. The van der Waals surface area contributed by atoms with Gasteiger partial charge in [0.2, 0.25) is 0 Å². The van der Waals surface area contributed by atoms with E-state index < -0.39 is 0 Å². The summed E-state index contributed by atoms with van der Waals surface area (Å²) < 4.78 is 0. The largest absolute Gasteiger partial charge is 0.508 e. The van der Waals surface area contributed by atoms with Gasteiger partial charge in [0.25, 0.3) is 0 Å². The molecule has 3 aliphatic carbocycles. The Morgan fingerprint density at radius 3 is 0.551 bits per heavy atom. The van der Waals surface area contributed by atoms with Crippen LogP contribution in [-0.2, 0) is 16.2 Å². The SMILES string of the molecule is CCCCCCC1(CCCCCC)c2cc(-c3ccc(O)cc3)ccc2-c2ccc(-c3ccc4c(c3)C(CCCCCC)(CCCCCC)c3cc(-c5ccc6c(c5)C(CCCCCC)(CCCCCC)c5cc(-c7ccc(O)cc7)ccc5-6)ccc3-4)cc21. The first-order valence-electron chi connectivity index (χ1n) is 36.1. The van der Waals surface area contributed by atoms with Crippen molar-refractivity contribution in [2.24, 2.45) is 0 Å². The van der Waals surface area contributed by atoms with E-state index in [9.17, 15) is 10.2 Å². The molecule has 0 radical (unpaired) electrons. The van der Waals surface area contributed by atoms with Gasteiger partial charge < -0.3 is 10.2 Å². The molecule has 8 aromatic carbocycles. The molecular formula is C87H106O2. The van der Waals surface area contributed by atoms with E-state index in [1.165, 1.54) is 271 Å². The minimum Gasteiger partial charge on any atom is -0.508 e. The third kappa shape index (κ3) is 13.2. The summed E-state index contributed by atoms with van der Waals surface area (Å²) in [5.74, 6) is 0.628. The second-order valence-corrected chi connectivity index (χ2v) is 27.8.